The van der Waals surface area contributed by atoms with Gasteiger partial charge in [0.2, 0.25) is 0 Å². The van der Waals surface area contributed by atoms with Crippen molar-refractivity contribution in [3.63, 3.8) is 0 Å². The largest absolute Gasteiger partial charge is 0.416 e. The minimum absolute atomic E-state index is 0.0435. The van der Waals surface area contributed by atoms with Crippen LogP contribution in [0.4, 0.5) is 24.5 Å². The molecule has 2 N–H and O–H groups in total. The molecule has 0 aliphatic heterocycles. The van der Waals surface area contributed by atoms with Gasteiger partial charge in [-0.25, -0.2) is 0 Å². The van der Waals surface area contributed by atoms with Gasteiger partial charge in [-0.3, -0.25) is 10.1 Å². The fraction of sp³-hybridized carbons (Fsp3) is 0.538. The van der Waals surface area contributed by atoms with E-state index >= 15 is 0 Å². The number of nitro groups is 1. The molecule has 0 saturated heterocycles. The Morgan fingerprint density at radius 2 is 2.00 bits per heavy atom. The van der Waals surface area contributed by atoms with Crippen LogP contribution < -0.4 is 5.32 Å². The summed E-state index contributed by atoms with van der Waals surface area (Å²) < 4.78 is 37.8. The molecule has 1 unspecified atom stereocenters. The molecule has 0 heterocycles. The first-order valence-electron chi connectivity index (χ1n) is 6.37. The molecule has 0 bridgehead atoms. The molecule has 0 fully saturated rings. The Kier molecular flexibility index (Phi) is 5.16. The van der Waals surface area contributed by atoms with Crippen LogP contribution in [0, 0.1) is 10.1 Å². The summed E-state index contributed by atoms with van der Waals surface area (Å²) in [6, 6.07) is 2.29. The first kappa shape index (κ1) is 17.2. The number of aliphatic hydroxyl groups is 1. The van der Waals surface area contributed by atoms with Gasteiger partial charge in [-0.1, -0.05) is 13.3 Å². The van der Waals surface area contributed by atoms with Gasteiger partial charge in [-0.15, -0.1) is 0 Å². The second-order valence-electron chi connectivity index (χ2n) is 5.08. The van der Waals surface area contributed by atoms with Crippen molar-refractivity contribution in [1.29, 1.82) is 0 Å². The average molecular weight is 306 g/mol. The predicted octanol–water partition coefficient (Wildman–Crippen LogP) is 3.58. The van der Waals surface area contributed by atoms with E-state index < -0.39 is 27.9 Å². The molecule has 5 nitrogen and oxygen atoms in total. The first-order valence-corrected chi connectivity index (χ1v) is 6.37. The van der Waals surface area contributed by atoms with Crippen molar-refractivity contribution in [2.24, 2.45) is 0 Å². The van der Waals surface area contributed by atoms with E-state index in [4.69, 9.17) is 0 Å². The summed E-state index contributed by atoms with van der Waals surface area (Å²) in [5, 5.41) is 23.1. The molecule has 0 spiro atoms. The Hall–Kier alpha value is -1.83. The van der Waals surface area contributed by atoms with Gasteiger partial charge in [-0.05, 0) is 25.5 Å². The van der Waals surface area contributed by atoms with Gasteiger partial charge < -0.3 is 10.4 Å². The normalized spacial score (nSPS) is 14.6. The van der Waals surface area contributed by atoms with E-state index in [-0.39, 0.29) is 12.3 Å². The van der Waals surface area contributed by atoms with Gasteiger partial charge in [0.1, 0.15) is 5.69 Å². The second kappa shape index (κ2) is 6.30. The lowest BCUT2D eigenvalue weighted by Crippen LogP contribution is -2.38. The summed E-state index contributed by atoms with van der Waals surface area (Å²) in [4.78, 5) is 10.1. The number of alkyl halides is 3. The van der Waals surface area contributed by atoms with E-state index in [1.54, 1.807) is 6.92 Å². The summed E-state index contributed by atoms with van der Waals surface area (Å²) >= 11 is 0. The van der Waals surface area contributed by atoms with E-state index in [1.165, 1.54) is 0 Å². The fourth-order valence-electron chi connectivity index (χ4n) is 2.02. The number of rotatable bonds is 6. The zero-order valence-electron chi connectivity index (χ0n) is 11.7. The lowest BCUT2D eigenvalue weighted by molar-refractivity contribution is -0.384. The highest BCUT2D eigenvalue weighted by molar-refractivity contribution is 5.64. The predicted molar refractivity (Wildman–Crippen MR) is 72.1 cm³/mol. The zero-order chi connectivity index (χ0) is 16.3. The molecular weight excluding hydrogens is 289 g/mol. The number of hydrogen-bond donors (Lipinski definition) is 2. The van der Waals surface area contributed by atoms with Crippen molar-refractivity contribution < 1.29 is 23.2 Å². The Labute approximate surface area is 119 Å². The summed E-state index contributed by atoms with van der Waals surface area (Å²) in [6.07, 6.45) is -3.42. The highest BCUT2D eigenvalue weighted by Gasteiger charge is 2.34. The van der Waals surface area contributed by atoms with Crippen molar-refractivity contribution in [2.45, 2.75) is 38.4 Å². The van der Waals surface area contributed by atoms with Crippen LogP contribution in [-0.2, 0) is 6.18 Å². The standard InChI is InChI=1S/C13H17F3N2O3/c1-3-6-12(2,8-19)17-10-5-4-9(13(14,15)16)7-11(10)18(20)21/h4-5,7,17,19H,3,6,8H2,1-2H3. The smallest absolute Gasteiger partial charge is 0.394 e. The molecule has 0 aliphatic rings. The lowest BCUT2D eigenvalue weighted by Gasteiger charge is -2.29. The maximum Gasteiger partial charge on any atom is 0.416 e. The van der Waals surface area contributed by atoms with Crippen LogP contribution in [0.1, 0.15) is 32.3 Å². The lowest BCUT2D eigenvalue weighted by atomic mass is 9.96. The van der Waals surface area contributed by atoms with E-state index in [2.05, 4.69) is 5.32 Å². The van der Waals surface area contributed by atoms with E-state index in [9.17, 15) is 28.4 Å². The zero-order valence-corrected chi connectivity index (χ0v) is 11.7. The van der Waals surface area contributed by atoms with Crippen LogP contribution in [0.5, 0.6) is 0 Å². The van der Waals surface area contributed by atoms with Crippen molar-refractivity contribution in [1.82, 2.24) is 0 Å². The molecule has 1 atom stereocenters. The van der Waals surface area contributed by atoms with Crippen molar-refractivity contribution in [3.05, 3.63) is 33.9 Å². The molecule has 0 amide bonds. The van der Waals surface area contributed by atoms with Crippen molar-refractivity contribution in [2.75, 3.05) is 11.9 Å². The highest BCUT2D eigenvalue weighted by Crippen LogP contribution is 2.36. The number of benzene rings is 1. The fourth-order valence-corrected chi connectivity index (χ4v) is 2.02. The van der Waals surface area contributed by atoms with Crippen LogP contribution >= 0.6 is 0 Å². The second-order valence-corrected chi connectivity index (χ2v) is 5.08. The number of anilines is 1. The minimum Gasteiger partial charge on any atom is -0.394 e. The number of halogens is 3. The average Bonchev–Trinajstić information content (AvgIpc) is 2.37. The number of nitrogens with one attached hydrogen (secondary N) is 1. The number of nitrogens with zero attached hydrogens (tertiary/aromatic N) is 1. The van der Waals surface area contributed by atoms with Crippen molar-refractivity contribution >= 4 is 11.4 Å². The van der Waals surface area contributed by atoms with E-state index in [0.717, 1.165) is 12.1 Å². The SMILES string of the molecule is CCCC(C)(CO)Nc1ccc(C(F)(F)F)cc1[N+](=O)[O-]. The first-order chi connectivity index (χ1) is 9.63. The quantitative estimate of drug-likeness (QED) is 0.622. The summed E-state index contributed by atoms with van der Waals surface area (Å²) in [5.74, 6) is 0. The summed E-state index contributed by atoms with van der Waals surface area (Å²) in [7, 11) is 0. The molecular formula is C13H17F3N2O3. The Morgan fingerprint density at radius 1 is 1.38 bits per heavy atom. The molecule has 0 aromatic heterocycles. The van der Waals surface area contributed by atoms with Crippen LogP contribution in [0.3, 0.4) is 0 Å². The molecule has 8 heteroatoms. The number of aliphatic hydroxyl groups excluding tert-OH is 1. The Balaban J connectivity index is 3.21. The van der Waals surface area contributed by atoms with Gasteiger partial charge in [0.05, 0.1) is 22.6 Å². The van der Waals surface area contributed by atoms with Crippen LogP contribution in [0.25, 0.3) is 0 Å². The number of hydrogen-bond acceptors (Lipinski definition) is 4. The molecule has 1 aromatic carbocycles. The molecule has 1 aromatic rings. The van der Waals surface area contributed by atoms with Gasteiger partial charge in [0.15, 0.2) is 0 Å². The maximum absolute atomic E-state index is 12.6. The van der Waals surface area contributed by atoms with Crippen LogP contribution in [-0.4, -0.2) is 22.2 Å². The number of nitro benzene ring substituents is 1. The minimum atomic E-state index is -4.65. The third kappa shape index (κ3) is 4.32. The van der Waals surface area contributed by atoms with Crippen molar-refractivity contribution in [3.8, 4) is 0 Å². The maximum atomic E-state index is 12.6. The third-order valence-electron chi connectivity index (χ3n) is 3.11. The van der Waals surface area contributed by atoms with Gasteiger partial charge in [-0.2, -0.15) is 13.2 Å². The van der Waals surface area contributed by atoms with Gasteiger partial charge in [0, 0.05) is 6.07 Å². The topological polar surface area (TPSA) is 75.4 Å². The summed E-state index contributed by atoms with van der Waals surface area (Å²) in [5.41, 5.74) is -2.63. The molecule has 118 valence electrons. The monoisotopic (exact) mass is 306 g/mol. The molecule has 0 radical (unpaired) electrons. The molecule has 0 aliphatic carbocycles. The Bertz CT molecular complexity index is 520. The van der Waals surface area contributed by atoms with E-state index in [0.29, 0.717) is 18.9 Å². The summed E-state index contributed by atoms with van der Waals surface area (Å²) in [6.45, 7) is 3.23. The molecule has 0 saturated carbocycles. The van der Waals surface area contributed by atoms with Gasteiger partial charge in [0.25, 0.3) is 5.69 Å². The van der Waals surface area contributed by atoms with Crippen LogP contribution in [0.2, 0.25) is 0 Å². The molecule has 1 rings (SSSR count). The molecule has 21 heavy (non-hydrogen) atoms. The highest BCUT2D eigenvalue weighted by atomic mass is 19.4. The Morgan fingerprint density at radius 3 is 2.43 bits per heavy atom. The van der Waals surface area contributed by atoms with Gasteiger partial charge >= 0.3 is 6.18 Å². The van der Waals surface area contributed by atoms with E-state index in [1.807, 2.05) is 6.92 Å². The van der Waals surface area contributed by atoms with Crippen LogP contribution in [0.15, 0.2) is 18.2 Å². The third-order valence-corrected chi connectivity index (χ3v) is 3.11.